The molecule has 0 fully saturated rings. The predicted octanol–water partition coefficient (Wildman–Crippen LogP) is 3.40. The molecule has 0 saturated heterocycles. The lowest BCUT2D eigenvalue weighted by atomic mass is 10.2. The third-order valence-electron chi connectivity index (χ3n) is 1.95. The van der Waals surface area contributed by atoms with E-state index in [1.54, 1.807) is 23.7 Å². The highest BCUT2D eigenvalue weighted by Crippen LogP contribution is 2.29. The van der Waals surface area contributed by atoms with Crippen molar-refractivity contribution >= 4 is 60.4 Å². The second-order valence-corrected chi connectivity index (χ2v) is 5.84. The first-order chi connectivity index (χ1) is 8.56. The molecule has 0 bridgehead atoms. The van der Waals surface area contributed by atoms with Crippen LogP contribution in [0.3, 0.4) is 0 Å². The molecule has 0 unspecified atom stereocenters. The first-order valence-corrected chi connectivity index (χ1v) is 7.21. The van der Waals surface area contributed by atoms with Crippen LogP contribution >= 0.6 is 43.2 Å². The summed E-state index contributed by atoms with van der Waals surface area (Å²) < 4.78 is 1.43. The van der Waals surface area contributed by atoms with Crippen molar-refractivity contribution in [3.05, 3.63) is 32.0 Å². The van der Waals surface area contributed by atoms with Crippen molar-refractivity contribution < 1.29 is 5.11 Å². The fourth-order valence-electron chi connectivity index (χ4n) is 1.15. The van der Waals surface area contributed by atoms with Gasteiger partial charge in [0.2, 0.25) is 5.13 Å². The average Bonchev–Trinajstić information content (AvgIpc) is 2.71. The minimum atomic E-state index is 0.151. The molecule has 0 spiro atoms. The summed E-state index contributed by atoms with van der Waals surface area (Å²) >= 11 is 7.97. The average molecular weight is 392 g/mol. The molecule has 2 aromatic rings. The van der Waals surface area contributed by atoms with Gasteiger partial charge in [-0.25, -0.2) is 4.98 Å². The Labute approximate surface area is 124 Å². The van der Waals surface area contributed by atoms with E-state index in [9.17, 15) is 5.11 Å². The number of thiazole rings is 1. The molecule has 0 saturated carbocycles. The molecule has 4 N–H and O–H groups in total. The van der Waals surface area contributed by atoms with E-state index in [0.29, 0.717) is 15.4 Å². The highest BCUT2D eigenvalue weighted by atomic mass is 79.9. The van der Waals surface area contributed by atoms with E-state index in [1.165, 1.54) is 11.3 Å². The molecule has 0 radical (unpaired) electrons. The normalized spacial score (nSPS) is 11.0. The summed E-state index contributed by atoms with van der Waals surface area (Å²) in [5.41, 5.74) is 8.98. The third-order valence-corrected chi connectivity index (χ3v) is 4.04. The number of halogens is 2. The molecule has 0 aliphatic carbocycles. The Bertz CT molecular complexity index is 600. The highest BCUT2D eigenvalue weighted by molar-refractivity contribution is 9.11. The zero-order valence-corrected chi connectivity index (χ0v) is 12.9. The zero-order valence-electron chi connectivity index (χ0n) is 8.89. The van der Waals surface area contributed by atoms with Crippen LogP contribution in [-0.4, -0.2) is 16.3 Å². The molecular weight excluding hydrogens is 384 g/mol. The second-order valence-electron chi connectivity index (χ2n) is 3.27. The smallest absolute Gasteiger partial charge is 0.205 e. The Hall–Kier alpha value is -1.12. The number of rotatable bonds is 3. The molecule has 0 aliphatic heterocycles. The van der Waals surface area contributed by atoms with Crippen LogP contribution in [0.2, 0.25) is 0 Å². The Morgan fingerprint density at radius 1 is 1.39 bits per heavy atom. The van der Waals surface area contributed by atoms with Gasteiger partial charge in [-0.3, -0.25) is 5.43 Å². The van der Waals surface area contributed by atoms with E-state index < -0.39 is 0 Å². The van der Waals surface area contributed by atoms with Gasteiger partial charge in [-0.15, -0.1) is 11.3 Å². The molecule has 0 amide bonds. The van der Waals surface area contributed by atoms with Crippen molar-refractivity contribution in [2.75, 3.05) is 11.2 Å². The van der Waals surface area contributed by atoms with Crippen LogP contribution in [0.4, 0.5) is 10.9 Å². The molecule has 5 nitrogen and oxygen atoms in total. The maximum atomic E-state index is 9.57. The van der Waals surface area contributed by atoms with Gasteiger partial charge in [0.15, 0.2) is 0 Å². The van der Waals surface area contributed by atoms with Crippen molar-refractivity contribution in [1.82, 2.24) is 4.98 Å². The standard InChI is InChI=1S/C10H8Br2N4OS/c11-6-2-7(12)8(17)1-5(6)3-14-16-10-15-9(13)4-18-10/h1-4,17H,13H2,(H,15,16). The first-order valence-electron chi connectivity index (χ1n) is 4.74. The lowest BCUT2D eigenvalue weighted by Gasteiger charge is -2.02. The summed E-state index contributed by atoms with van der Waals surface area (Å²) in [6.07, 6.45) is 1.58. The van der Waals surface area contributed by atoms with E-state index in [2.05, 4.69) is 47.4 Å². The number of benzene rings is 1. The quantitative estimate of drug-likeness (QED) is 0.553. The summed E-state index contributed by atoms with van der Waals surface area (Å²) in [5, 5.41) is 15.9. The predicted molar refractivity (Wildman–Crippen MR) is 81.2 cm³/mol. The van der Waals surface area contributed by atoms with E-state index in [0.717, 1.165) is 10.0 Å². The van der Waals surface area contributed by atoms with Crippen molar-refractivity contribution in [2.24, 2.45) is 5.10 Å². The molecule has 0 atom stereocenters. The van der Waals surface area contributed by atoms with Gasteiger partial charge in [-0.05, 0) is 28.1 Å². The van der Waals surface area contributed by atoms with Gasteiger partial charge in [0.25, 0.3) is 0 Å². The number of nitrogens with one attached hydrogen (secondary N) is 1. The highest BCUT2D eigenvalue weighted by Gasteiger charge is 2.04. The van der Waals surface area contributed by atoms with Crippen LogP contribution in [-0.2, 0) is 0 Å². The van der Waals surface area contributed by atoms with E-state index >= 15 is 0 Å². The molecule has 2 rings (SSSR count). The number of nitrogens with two attached hydrogens (primary N) is 1. The second kappa shape index (κ2) is 5.68. The minimum Gasteiger partial charge on any atom is -0.507 e. The molecule has 94 valence electrons. The number of nitrogens with zero attached hydrogens (tertiary/aromatic N) is 2. The van der Waals surface area contributed by atoms with Crippen molar-refractivity contribution in [1.29, 1.82) is 0 Å². The number of hydrazone groups is 1. The van der Waals surface area contributed by atoms with Gasteiger partial charge in [-0.2, -0.15) is 5.10 Å². The van der Waals surface area contributed by atoms with Crippen LogP contribution in [0, 0.1) is 0 Å². The summed E-state index contributed by atoms with van der Waals surface area (Å²) in [6, 6.07) is 3.34. The van der Waals surface area contributed by atoms with Crippen LogP contribution in [0.5, 0.6) is 5.75 Å². The van der Waals surface area contributed by atoms with Gasteiger partial charge in [0.05, 0.1) is 10.7 Å². The fraction of sp³-hybridized carbons (Fsp3) is 0. The number of aromatic hydroxyl groups is 1. The lowest BCUT2D eigenvalue weighted by Crippen LogP contribution is -1.92. The van der Waals surface area contributed by atoms with Crippen LogP contribution < -0.4 is 11.2 Å². The van der Waals surface area contributed by atoms with E-state index in [-0.39, 0.29) is 5.75 Å². The molecule has 1 aromatic carbocycles. The third kappa shape index (κ3) is 3.21. The van der Waals surface area contributed by atoms with Gasteiger partial charge in [-0.1, -0.05) is 15.9 Å². The summed E-state index contributed by atoms with van der Waals surface area (Å²) in [7, 11) is 0. The molecule has 1 aromatic heterocycles. The number of phenols is 1. The Morgan fingerprint density at radius 3 is 2.83 bits per heavy atom. The van der Waals surface area contributed by atoms with Gasteiger partial charge >= 0.3 is 0 Å². The van der Waals surface area contributed by atoms with E-state index in [1.807, 2.05) is 0 Å². The Morgan fingerprint density at radius 2 is 2.17 bits per heavy atom. The van der Waals surface area contributed by atoms with Crippen molar-refractivity contribution in [3.63, 3.8) is 0 Å². The number of nitrogen functional groups attached to an aromatic ring is 1. The summed E-state index contributed by atoms with van der Waals surface area (Å²) in [4.78, 5) is 4.00. The van der Waals surface area contributed by atoms with E-state index in [4.69, 9.17) is 5.73 Å². The van der Waals surface area contributed by atoms with Gasteiger partial charge in [0.1, 0.15) is 11.6 Å². The summed E-state index contributed by atoms with van der Waals surface area (Å²) in [5.74, 6) is 0.610. The fourth-order valence-corrected chi connectivity index (χ4v) is 2.79. The van der Waals surface area contributed by atoms with Crippen LogP contribution in [0.25, 0.3) is 0 Å². The minimum absolute atomic E-state index is 0.151. The monoisotopic (exact) mass is 390 g/mol. The molecule has 18 heavy (non-hydrogen) atoms. The van der Waals surface area contributed by atoms with Gasteiger partial charge in [0, 0.05) is 15.4 Å². The Balaban J connectivity index is 2.11. The maximum absolute atomic E-state index is 9.57. The summed E-state index contributed by atoms with van der Waals surface area (Å²) in [6.45, 7) is 0. The van der Waals surface area contributed by atoms with Crippen LogP contribution in [0.15, 0.2) is 31.6 Å². The number of aromatic nitrogens is 1. The Kier molecular flexibility index (Phi) is 4.20. The topological polar surface area (TPSA) is 83.5 Å². The molecule has 8 heteroatoms. The van der Waals surface area contributed by atoms with Crippen molar-refractivity contribution in [3.8, 4) is 5.75 Å². The number of hydrogen-bond acceptors (Lipinski definition) is 6. The van der Waals surface area contributed by atoms with Crippen LogP contribution in [0.1, 0.15) is 5.56 Å². The maximum Gasteiger partial charge on any atom is 0.205 e. The van der Waals surface area contributed by atoms with Gasteiger partial charge < -0.3 is 10.8 Å². The number of anilines is 2. The zero-order chi connectivity index (χ0) is 13.1. The lowest BCUT2D eigenvalue weighted by molar-refractivity contribution is 0.471. The molecular formula is C10H8Br2N4OS. The van der Waals surface area contributed by atoms with Crippen molar-refractivity contribution in [2.45, 2.75) is 0 Å². The first kappa shape index (κ1) is 13.3. The SMILES string of the molecule is Nc1csc(NN=Cc2cc(O)c(Br)cc2Br)n1. The molecule has 0 aliphatic rings. The largest absolute Gasteiger partial charge is 0.507 e. The number of phenolic OH excluding ortho intramolecular Hbond substituents is 1. The molecule has 1 heterocycles. The number of hydrogen-bond donors (Lipinski definition) is 3.